The number of piperidine rings is 4. The summed E-state index contributed by atoms with van der Waals surface area (Å²) in [4.78, 5) is 18.1. The van der Waals surface area contributed by atoms with Gasteiger partial charge in [0.1, 0.15) is 11.9 Å². The van der Waals surface area contributed by atoms with E-state index in [-0.39, 0.29) is 12.1 Å². The number of nitrogens with zero attached hydrogens (tertiary/aromatic N) is 2. The van der Waals surface area contributed by atoms with E-state index in [1.165, 1.54) is 45.1 Å². The van der Waals surface area contributed by atoms with Gasteiger partial charge in [0.15, 0.2) is 0 Å². The van der Waals surface area contributed by atoms with Crippen molar-refractivity contribution in [1.82, 2.24) is 9.80 Å². The van der Waals surface area contributed by atoms with Crippen molar-refractivity contribution in [3.63, 3.8) is 0 Å². The largest absolute Gasteiger partial charge is 0.496 e. The molecule has 5 atom stereocenters. The zero-order valence-corrected chi connectivity index (χ0v) is 19.9. The lowest BCUT2D eigenvalue weighted by Crippen LogP contribution is -2.65. The van der Waals surface area contributed by atoms with Gasteiger partial charge in [-0.05, 0) is 84.8 Å². The van der Waals surface area contributed by atoms with Crippen molar-refractivity contribution >= 4 is 28.0 Å². The first-order valence-electron chi connectivity index (χ1n) is 11.8. The van der Waals surface area contributed by atoms with Gasteiger partial charge in [-0.25, -0.2) is 4.79 Å². The lowest BCUT2D eigenvalue weighted by atomic mass is 9.76. The molecular formula is C25H33BrN2O3. The van der Waals surface area contributed by atoms with Crippen LogP contribution in [0.3, 0.4) is 0 Å². The molecule has 2 bridgehead atoms. The first-order valence-corrected chi connectivity index (χ1v) is 12.6. The van der Waals surface area contributed by atoms with Crippen LogP contribution in [0, 0.1) is 0 Å². The number of benzene rings is 1. The summed E-state index contributed by atoms with van der Waals surface area (Å²) in [5.41, 5.74) is 0.919. The van der Waals surface area contributed by atoms with Gasteiger partial charge in [-0.15, -0.1) is 0 Å². The molecule has 0 N–H and O–H groups in total. The van der Waals surface area contributed by atoms with Crippen LogP contribution in [0.1, 0.15) is 56.9 Å². The summed E-state index contributed by atoms with van der Waals surface area (Å²) >= 11 is 3.45. The van der Waals surface area contributed by atoms with E-state index < -0.39 is 0 Å². The highest BCUT2D eigenvalue weighted by atomic mass is 79.9. The number of hydrogen-bond donors (Lipinski definition) is 0. The molecule has 168 valence electrons. The van der Waals surface area contributed by atoms with E-state index in [0.717, 1.165) is 53.3 Å². The predicted molar refractivity (Wildman–Crippen MR) is 125 cm³/mol. The second-order valence-electron chi connectivity index (χ2n) is 9.60. The second kappa shape index (κ2) is 9.24. The highest BCUT2D eigenvalue weighted by Crippen LogP contribution is 2.42. The first-order chi connectivity index (χ1) is 15.1. The molecule has 0 aliphatic carbocycles. The molecule has 0 aromatic heterocycles. The van der Waals surface area contributed by atoms with Gasteiger partial charge in [-0.1, -0.05) is 12.5 Å². The summed E-state index contributed by atoms with van der Waals surface area (Å²) < 4.78 is 12.1. The Kier molecular flexibility index (Phi) is 6.40. The SMILES string of the molecule is COc1cc(/C=C/C(=O)OC2CCN3[C@@H]4C[C@@H](C[C@@H]3C2)N2CCCC[C@@H]2C4)ccc1Br. The molecule has 0 spiro atoms. The molecule has 0 radical (unpaired) electrons. The van der Waals surface area contributed by atoms with E-state index in [2.05, 4.69) is 25.7 Å². The summed E-state index contributed by atoms with van der Waals surface area (Å²) in [6.45, 7) is 2.36. The number of fused-ring (bicyclic) bond motifs is 6. The maximum absolute atomic E-state index is 12.5. The first kappa shape index (κ1) is 21.5. The van der Waals surface area contributed by atoms with Gasteiger partial charge in [0, 0.05) is 43.2 Å². The Balaban J connectivity index is 1.18. The maximum atomic E-state index is 12.5. The molecule has 5 nitrogen and oxygen atoms in total. The number of carbonyl (C=O) groups is 1. The van der Waals surface area contributed by atoms with Crippen molar-refractivity contribution in [2.75, 3.05) is 20.2 Å². The van der Waals surface area contributed by atoms with Gasteiger partial charge >= 0.3 is 5.97 Å². The fourth-order valence-corrected chi connectivity index (χ4v) is 6.84. The predicted octanol–water partition coefficient (Wildman–Crippen LogP) is 4.64. The van der Waals surface area contributed by atoms with Crippen molar-refractivity contribution in [2.24, 2.45) is 0 Å². The third-order valence-electron chi connectivity index (χ3n) is 7.83. The summed E-state index contributed by atoms with van der Waals surface area (Å²) in [6.07, 6.45) is 13.4. The van der Waals surface area contributed by atoms with Crippen LogP contribution >= 0.6 is 15.9 Å². The lowest BCUT2D eigenvalue weighted by Gasteiger charge is -2.58. The summed E-state index contributed by atoms with van der Waals surface area (Å²) in [5, 5.41) is 0. The third-order valence-corrected chi connectivity index (χ3v) is 8.48. The van der Waals surface area contributed by atoms with E-state index in [4.69, 9.17) is 9.47 Å². The second-order valence-corrected chi connectivity index (χ2v) is 10.5. The molecule has 4 aliphatic heterocycles. The van der Waals surface area contributed by atoms with Gasteiger partial charge in [0.05, 0.1) is 11.6 Å². The van der Waals surface area contributed by atoms with E-state index in [1.54, 1.807) is 19.3 Å². The van der Waals surface area contributed by atoms with Crippen LogP contribution in [0.2, 0.25) is 0 Å². The van der Waals surface area contributed by atoms with Crippen LogP contribution < -0.4 is 4.74 Å². The van der Waals surface area contributed by atoms with Gasteiger partial charge in [0.2, 0.25) is 0 Å². The van der Waals surface area contributed by atoms with Crippen LogP contribution in [-0.4, -0.2) is 66.2 Å². The molecule has 0 saturated carbocycles. The van der Waals surface area contributed by atoms with Crippen LogP contribution in [0.25, 0.3) is 6.08 Å². The Bertz CT molecular complexity index is 844. The maximum Gasteiger partial charge on any atom is 0.331 e. The average molecular weight is 489 g/mol. The number of methoxy groups -OCH3 is 1. The van der Waals surface area contributed by atoms with Crippen LogP contribution in [0.5, 0.6) is 5.75 Å². The van der Waals surface area contributed by atoms with E-state index in [0.29, 0.717) is 6.04 Å². The molecule has 0 amide bonds. The molecule has 1 unspecified atom stereocenters. The normalized spacial score (nSPS) is 33.5. The molecular weight excluding hydrogens is 456 g/mol. The molecule has 5 rings (SSSR count). The standard InChI is InChI=1S/C25H33BrN2O3/c1-30-24-12-17(5-7-23(24)26)6-8-25(29)31-22-9-11-28-19-13-18-4-2-3-10-27(18)20(14-19)15-21(28)16-22/h5-8,12,18-22H,2-4,9-11,13-16H2,1H3/b8-6+/t18-,19+,20+,21-,22?/m1/s1. The fourth-order valence-electron chi connectivity index (χ4n) is 6.43. The minimum atomic E-state index is -0.243. The van der Waals surface area contributed by atoms with Crippen molar-refractivity contribution in [2.45, 2.75) is 81.6 Å². The zero-order valence-electron chi connectivity index (χ0n) is 18.3. The number of ether oxygens (including phenoxy) is 2. The van der Waals surface area contributed by atoms with Crippen LogP contribution in [-0.2, 0) is 9.53 Å². The monoisotopic (exact) mass is 488 g/mol. The molecule has 4 fully saturated rings. The Hall–Kier alpha value is -1.37. The number of carbonyl (C=O) groups excluding carboxylic acids is 1. The van der Waals surface area contributed by atoms with Crippen molar-refractivity contribution in [1.29, 1.82) is 0 Å². The van der Waals surface area contributed by atoms with Crippen molar-refractivity contribution in [3.05, 3.63) is 34.3 Å². The Morgan fingerprint density at radius 2 is 1.74 bits per heavy atom. The topological polar surface area (TPSA) is 42.0 Å². The average Bonchev–Trinajstić information content (AvgIpc) is 2.78. The number of hydrogen-bond acceptors (Lipinski definition) is 5. The number of esters is 1. The summed E-state index contributed by atoms with van der Waals surface area (Å²) in [7, 11) is 1.64. The molecule has 4 aliphatic rings. The highest BCUT2D eigenvalue weighted by molar-refractivity contribution is 9.10. The van der Waals surface area contributed by atoms with Crippen LogP contribution in [0.4, 0.5) is 0 Å². The van der Waals surface area contributed by atoms with Gasteiger partial charge in [-0.2, -0.15) is 0 Å². The highest BCUT2D eigenvalue weighted by Gasteiger charge is 2.47. The van der Waals surface area contributed by atoms with Crippen molar-refractivity contribution < 1.29 is 14.3 Å². The molecule has 1 aromatic carbocycles. The molecule has 4 saturated heterocycles. The Morgan fingerprint density at radius 3 is 2.55 bits per heavy atom. The smallest absolute Gasteiger partial charge is 0.331 e. The van der Waals surface area contributed by atoms with E-state index in [9.17, 15) is 4.79 Å². The quantitative estimate of drug-likeness (QED) is 0.456. The summed E-state index contributed by atoms with van der Waals surface area (Å²) in [6, 6.07) is 8.64. The van der Waals surface area contributed by atoms with Crippen LogP contribution in [0.15, 0.2) is 28.7 Å². The van der Waals surface area contributed by atoms with Gasteiger partial charge in [-0.3, -0.25) is 9.80 Å². The Labute approximate surface area is 193 Å². The van der Waals surface area contributed by atoms with Gasteiger partial charge < -0.3 is 9.47 Å². The van der Waals surface area contributed by atoms with E-state index in [1.807, 2.05) is 18.2 Å². The fraction of sp³-hybridized carbons (Fsp3) is 0.640. The van der Waals surface area contributed by atoms with Gasteiger partial charge in [0.25, 0.3) is 0 Å². The molecule has 1 aromatic rings. The lowest BCUT2D eigenvalue weighted by molar-refractivity contribution is -0.149. The third kappa shape index (κ3) is 4.57. The molecule has 31 heavy (non-hydrogen) atoms. The summed E-state index contributed by atoms with van der Waals surface area (Å²) in [5.74, 6) is 0.508. The minimum Gasteiger partial charge on any atom is -0.496 e. The number of halogens is 1. The molecule has 4 heterocycles. The Morgan fingerprint density at radius 1 is 1.00 bits per heavy atom. The zero-order chi connectivity index (χ0) is 21.4. The number of rotatable bonds is 4. The minimum absolute atomic E-state index is 0.0360. The van der Waals surface area contributed by atoms with E-state index >= 15 is 0 Å². The van der Waals surface area contributed by atoms with Crippen molar-refractivity contribution in [3.8, 4) is 5.75 Å². The molecule has 6 heteroatoms.